The Bertz CT molecular complexity index is 398. The fourth-order valence-electron chi connectivity index (χ4n) is 1.25. The van der Waals surface area contributed by atoms with Crippen LogP contribution in [0.1, 0.15) is 35.3 Å². The van der Waals surface area contributed by atoms with E-state index in [1.807, 2.05) is 0 Å². The molecular weight excluding hydrogens is 237 g/mol. The molecule has 0 spiro atoms. The topological polar surface area (TPSA) is 83.6 Å². The van der Waals surface area contributed by atoms with E-state index in [0.29, 0.717) is 6.42 Å². The molecule has 16 heavy (non-hydrogen) atoms. The van der Waals surface area contributed by atoms with Crippen LogP contribution in [-0.4, -0.2) is 16.2 Å². The van der Waals surface area contributed by atoms with Gasteiger partial charge in [0.2, 0.25) is 0 Å². The van der Waals surface area contributed by atoms with E-state index in [4.69, 9.17) is 10.8 Å². The van der Waals surface area contributed by atoms with Gasteiger partial charge in [-0.1, -0.05) is 6.92 Å². The van der Waals surface area contributed by atoms with Crippen LogP contribution in [0.5, 0.6) is 5.75 Å². The average molecular weight is 250 g/mol. The molecule has 0 fully saturated rings. The van der Waals surface area contributed by atoms with Gasteiger partial charge in [-0.25, -0.2) is 9.18 Å². The van der Waals surface area contributed by atoms with Gasteiger partial charge in [-0.2, -0.15) is 0 Å². The van der Waals surface area contributed by atoms with E-state index in [1.165, 1.54) is 6.07 Å². The lowest BCUT2D eigenvalue weighted by atomic mass is 10.0. The van der Waals surface area contributed by atoms with Crippen molar-refractivity contribution >= 4 is 18.4 Å². The number of hydrogen-bond donors (Lipinski definition) is 3. The lowest BCUT2D eigenvalue weighted by Gasteiger charge is -2.12. The first-order valence-electron chi connectivity index (χ1n) is 4.48. The monoisotopic (exact) mass is 249 g/mol. The molecule has 0 radical (unpaired) electrons. The Kier molecular flexibility index (Phi) is 5.20. The molecular formula is C10H13ClFNO3. The van der Waals surface area contributed by atoms with Crippen molar-refractivity contribution in [1.29, 1.82) is 0 Å². The zero-order valence-electron chi connectivity index (χ0n) is 8.61. The highest BCUT2D eigenvalue weighted by molar-refractivity contribution is 5.88. The van der Waals surface area contributed by atoms with Crippen molar-refractivity contribution in [2.75, 3.05) is 0 Å². The number of aromatic carboxylic acids is 1. The Morgan fingerprint density at radius 2 is 2.12 bits per heavy atom. The molecule has 0 aliphatic rings. The molecule has 1 aromatic carbocycles. The molecule has 0 aliphatic carbocycles. The summed E-state index contributed by atoms with van der Waals surface area (Å²) in [6.07, 6.45) is 0.482. The van der Waals surface area contributed by atoms with Gasteiger partial charge in [-0.05, 0) is 18.6 Å². The third kappa shape index (κ3) is 2.84. The number of carboxylic acid groups (broad SMARTS) is 1. The molecule has 90 valence electrons. The Labute approximate surface area is 98.3 Å². The number of rotatable bonds is 3. The van der Waals surface area contributed by atoms with E-state index in [9.17, 15) is 14.3 Å². The molecule has 0 unspecified atom stereocenters. The predicted molar refractivity (Wildman–Crippen MR) is 59.5 cm³/mol. The lowest BCUT2D eigenvalue weighted by molar-refractivity contribution is 0.0696. The zero-order valence-corrected chi connectivity index (χ0v) is 9.42. The first kappa shape index (κ1) is 14.7. The van der Waals surface area contributed by atoms with Crippen molar-refractivity contribution < 1.29 is 19.4 Å². The Hall–Kier alpha value is -1.33. The summed E-state index contributed by atoms with van der Waals surface area (Å²) in [5.74, 6) is -2.79. The summed E-state index contributed by atoms with van der Waals surface area (Å²) in [7, 11) is 0. The normalized spacial score (nSPS) is 11.7. The standard InChI is InChI=1S/C10H12FNO3.ClH/c1-2-8(12)6-3-5(10(14)15)4-7(11)9(6)13;/h3-4,8,13H,2,12H2,1H3,(H,14,15);1H/t8-;/m1./s1. The van der Waals surface area contributed by atoms with Crippen molar-refractivity contribution in [2.45, 2.75) is 19.4 Å². The summed E-state index contributed by atoms with van der Waals surface area (Å²) in [5, 5.41) is 18.0. The second kappa shape index (κ2) is 5.67. The van der Waals surface area contributed by atoms with Gasteiger partial charge in [0.25, 0.3) is 0 Å². The molecule has 0 aromatic heterocycles. The molecule has 1 rings (SSSR count). The maximum Gasteiger partial charge on any atom is 0.335 e. The maximum atomic E-state index is 13.1. The number of phenolic OH excluding ortho intramolecular Hbond substituents is 1. The van der Waals surface area contributed by atoms with Crippen molar-refractivity contribution in [3.63, 3.8) is 0 Å². The largest absolute Gasteiger partial charge is 0.505 e. The van der Waals surface area contributed by atoms with Gasteiger partial charge in [-0.3, -0.25) is 0 Å². The molecule has 1 aromatic rings. The number of hydrogen-bond acceptors (Lipinski definition) is 3. The lowest BCUT2D eigenvalue weighted by Crippen LogP contribution is -2.11. The van der Waals surface area contributed by atoms with Crippen LogP contribution in [-0.2, 0) is 0 Å². The summed E-state index contributed by atoms with van der Waals surface area (Å²) in [4.78, 5) is 10.6. The average Bonchev–Trinajstić information content (AvgIpc) is 2.20. The highest BCUT2D eigenvalue weighted by Crippen LogP contribution is 2.28. The van der Waals surface area contributed by atoms with Crippen LogP contribution < -0.4 is 5.73 Å². The molecule has 0 saturated heterocycles. The number of benzene rings is 1. The van der Waals surface area contributed by atoms with E-state index < -0.39 is 23.6 Å². The molecule has 0 heterocycles. The molecule has 6 heteroatoms. The quantitative estimate of drug-likeness (QED) is 0.766. The van der Waals surface area contributed by atoms with Gasteiger partial charge >= 0.3 is 5.97 Å². The number of aromatic hydroxyl groups is 1. The van der Waals surface area contributed by atoms with E-state index in [0.717, 1.165) is 6.07 Å². The maximum absolute atomic E-state index is 13.1. The number of nitrogens with two attached hydrogens (primary N) is 1. The van der Waals surface area contributed by atoms with Crippen LogP contribution in [0.25, 0.3) is 0 Å². The summed E-state index contributed by atoms with van der Waals surface area (Å²) in [6.45, 7) is 1.76. The highest BCUT2D eigenvalue weighted by Gasteiger charge is 2.17. The summed E-state index contributed by atoms with van der Waals surface area (Å²) in [6, 6.07) is 1.39. The number of carboxylic acids is 1. The number of carbonyl (C=O) groups is 1. The molecule has 4 nitrogen and oxygen atoms in total. The van der Waals surface area contributed by atoms with Gasteiger partial charge in [-0.15, -0.1) is 12.4 Å². The summed E-state index contributed by atoms with van der Waals surface area (Å²) < 4.78 is 13.1. The first-order valence-corrected chi connectivity index (χ1v) is 4.48. The van der Waals surface area contributed by atoms with Crippen LogP contribution in [0.4, 0.5) is 4.39 Å². The molecule has 4 N–H and O–H groups in total. The molecule has 1 atom stereocenters. The van der Waals surface area contributed by atoms with Gasteiger partial charge < -0.3 is 15.9 Å². The van der Waals surface area contributed by atoms with Crippen molar-refractivity contribution in [3.05, 3.63) is 29.1 Å². The van der Waals surface area contributed by atoms with E-state index in [1.54, 1.807) is 6.92 Å². The van der Waals surface area contributed by atoms with E-state index in [2.05, 4.69) is 0 Å². The van der Waals surface area contributed by atoms with Crippen molar-refractivity contribution in [2.24, 2.45) is 5.73 Å². The second-order valence-corrected chi connectivity index (χ2v) is 3.22. The van der Waals surface area contributed by atoms with Crippen molar-refractivity contribution in [3.8, 4) is 5.75 Å². The highest BCUT2D eigenvalue weighted by atomic mass is 35.5. The van der Waals surface area contributed by atoms with Crippen LogP contribution >= 0.6 is 12.4 Å². The zero-order chi connectivity index (χ0) is 11.6. The Morgan fingerprint density at radius 3 is 2.56 bits per heavy atom. The SMILES string of the molecule is CC[C@@H](N)c1cc(C(=O)O)cc(F)c1O.Cl. The fourth-order valence-corrected chi connectivity index (χ4v) is 1.25. The minimum Gasteiger partial charge on any atom is -0.505 e. The first-order chi connectivity index (χ1) is 6.97. The van der Waals surface area contributed by atoms with Crippen molar-refractivity contribution in [1.82, 2.24) is 0 Å². The van der Waals surface area contributed by atoms with Gasteiger partial charge in [0, 0.05) is 11.6 Å². The van der Waals surface area contributed by atoms with Crippen LogP contribution in [0, 0.1) is 5.82 Å². The second-order valence-electron chi connectivity index (χ2n) is 3.22. The van der Waals surface area contributed by atoms with E-state index >= 15 is 0 Å². The summed E-state index contributed by atoms with van der Waals surface area (Å²) in [5.41, 5.74) is 5.52. The van der Waals surface area contributed by atoms with Gasteiger partial charge in [0.1, 0.15) is 0 Å². The third-order valence-corrected chi connectivity index (χ3v) is 2.18. The molecule has 0 aliphatic heterocycles. The molecule has 0 amide bonds. The van der Waals surface area contributed by atoms with Gasteiger partial charge in [0.05, 0.1) is 5.56 Å². The van der Waals surface area contributed by atoms with Crippen LogP contribution in [0.2, 0.25) is 0 Å². The smallest absolute Gasteiger partial charge is 0.335 e. The minimum atomic E-state index is -1.25. The molecule has 0 bridgehead atoms. The number of phenols is 1. The Morgan fingerprint density at radius 1 is 1.56 bits per heavy atom. The molecule has 0 saturated carbocycles. The minimum absolute atomic E-state index is 0. The van der Waals surface area contributed by atoms with E-state index in [-0.39, 0.29) is 23.5 Å². The predicted octanol–water partition coefficient (Wildman–Crippen LogP) is 2.06. The fraction of sp³-hybridized carbons (Fsp3) is 0.300. The third-order valence-electron chi connectivity index (χ3n) is 2.18. The van der Waals surface area contributed by atoms with Crippen LogP contribution in [0.15, 0.2) is 12.1 Å². The van der Waals surface area contributed by atoms with Gasteiger partial charge in [0.15, 0.2) is 11.6 Å². The van der Waals surface area contributed by atoms with Crippen LogP contribution in [0.3, 0.4) is 0 Å². The summed E-state index contributed by atoms with van der Waals surface area (Å²) >= 11 is 0. The number of halogens is 2. The Balaban J connectivity index is 0.00000225.